The van der Waals surface area contributed by atoms with Crippen LogP contribution in [0.25, 0.3) is 0 Å². The molecular weight excluding hydrogens is 283 g/mol. The molecule has 3 N–H and O–H groups in total. The number of nitrogens with zero attached hydrogens (tertiary/aromatic N) is 1. The molecule has 5 heteroatoms. The van der Waals surface area contributed by atoms with Crippen LogP contribution in [0.3, 0.4) is 0 Å². The van der Waals surface area contributed by atoms with E-state index in [1.165, 1.54) is 0 Å². The number of aliphatic hydroxyl groups is 1. The first-order chi connectivity index (χ1) is 9.03. The van der Waals surface area contributed by atoms with Crippen molar-refractivity contribution in [3.05, 3.63) is 63.6 Å². The van der Waals surface area contributed by atoms with Crippen LogP contribution in [0.2, 0.25) is 10.0 Å². The van der Waals surface area contributed by atoms with Gasteiger partial charge in [0.25, 0.3) is 0 Å². The Bertz CT molecular complexity index is 700. The van der Waals surface area contributed by atoms with Crippen LogP contribution in [0.15, 0.2) is 47.5 Å². The van der Waals surface area contributed by atoms with Crippen molar-refractivity contribution in [1.29, 1.82) is 0 Å². The maximum absolute atomic E-state index is 11.0. The van der Waals surface area contributed by atoms with Gasteiger partial charge < -0.3 is 10.8 Å². The molecule has 0 aliphatic carbocycles. The zero-order chi connectivity index (χ0) is 13.6. The Balaban J connectivity index is 2.29. The number of hydrogen-bond donors (Lipinski definition) is 2. The summed E-state index contributed by atoms with van der Waals surface area (Å²) in [6, 6.07) is 12.1. The standard InChI is InChI=1S/C14H10Cl2N2O/c15-8-5-6-12-10(7-8)14(19,13(17)18-12)9-3-1-2-4-11(9)16/h1-7,19H,(H2,17,18)/t14-/m0/s1. The molecule has 96 valence electrons. The van der Waals surface area contributed by atoms with E-state index >= 15 is 0 Å². The van der Waals surface area contributed by atoms with Gasteiger partial charge in [0.1, 0.15) is 5.84 Å². The van der Waals surface area contributed by atoms with Gasteiger partial charge in [-0.2, -0.15) is 0 Å². The molecule has 1 aliphatic rings. The number of amidine groups is 1. The third kappa shape index (κ3) is 1.74. The summed E-state index contributed by atoms with van der Waals surface area (Å²) < 4.78 is 0. The largest absolute Gasteiger partial charge is 0.384 e. The van der Waals surface area contributed by atoms with E-state index in [2.05, 4.69) is 4.99 Å². The molecule has 1 heterocycles. The average molecular weight is 293 g/mol. The third-order valence-electron chi connectivity index (χ3n) is 3.22. The Kier molecular flexibility index (Phi) is 2.78. The summed E-state index contributed by atoms with van der Waals surface area (Å²) in [5.41, 5.74) is 6.03. The first-order valence-electron chi connectivity index (χ1n) is 5.65. The minimum absolute atomic E-state index is 0.0952. The molecule has 1 atom stereocenters. The fourth-order valence-corrected chi connectivity index (χ4v) is 2.73. The van der Waals surface area contributed by atoms with Crippen LogP contribution in [0, 0.1) is 0 Å². The molecule has 19 heavy (non-hydrogen) atoms. The minimum atomic E-state index is -1.53. The van der Waals surface area contributed by atoms with Crippen molar-refractivity contribution in [2.45, 2.75) is 5.60 Å². The summed E-state index contributed by atoms with van der Waals surface area (Å²) >= 11 is 12.2. The molecule has 0 fully saturated rings. The van der Waals surface area contributed by atoms with Crippen LogP contribution >= 0.6 is 23.2 Å². The second kappa shape index (κ2) is 4.23. The van der Waals surface area contributed by atoms with Crippen LogP contribution in [0.1, 0.15) is 11.1 Å². The van der Waals surface area contributed by atoms with Crippen molar-refractivity contribution < 1.29 is 5.11 Å². The summed E-state index contributed by atoms with van der Waals surface area (Å²) in [6.45, 7) is 0. The Morgan fingerprint density at radius 3 is 2.53 bits per heavy atom. The number of nitrogens with two attached hydrogens (primary N) is 1. The highest BCUT2D eigenvalue weighted by atomic mass is 35.5. The Morgan fingerprint density at radius 1 is 1.05 bits per heavy atom. The number of benzene rings is 2. The SMILES string of the molecule is NC1=Nc2ccc(Cl)cc2[C@@]1(O)c1ccccc1Cl. The highest BCUT2D eigenvalue weighted by Gasteiger charge is 2.43. The van der Waals surface area contributed by atoms with Gasteiger partial charge in [0.05, 0.1) is 5.69 Å². The fraction of sp³-hybridized carbons (Fsp3) is 0.0714. The molecule has 1 aliphatic heterocycles. The fourth-order valence-electron chi connectivity index (χ4n) is 2.28. The predicted molar refractivity (Wildman–Crippen MR) is 77.2 cm³/mol. The minimum Gasteiger partial charge on any atom is -0.384 e. The van der Waals surface area contributed by atoms with Gasteiger partial charge in [-0.1, -0.05) is 41.4 Å². The van der Waals surface area contributed by atoms with Crippen molar-refractivity contribution in [2.75, 3.05) is 0 Å². The highest BCUT2D eigenvalue weighted by Crippen LogP contribution is 2.44. The first-order valence-corrected chi connectivity index (χ1v) is 6.41. The van der Waals surface area contributed by atoms with E-state index in [1.807, 2.05) is 0 Å². The highest BCUT2D eigenvalue weighted by molar-refractivity contribution is 6.32. The van der Waals surface area contributed by atoms with E-state index in [0.29, 0.717) is 26.9 Å². The van der Waals surface area contributed by atoms with Crippen molar-refractivity contribution in [3.63, 3.8) is 0 Å². The third-order valence-corrected chi connectivity index (χ3v) is 3.79. The maximum atomic E-state index is 11.0. The van der Waals surface area contributed by atoms with E-state index in [0.717, 1.165) is 0 Å². The number of hydrogen-bond acceptors (Lipinski definition) is 3. The lowest BCUT2D eigenvalue weighted by Crippen LogP contribution is -2.39. The number of aliphatic imine (C=N–C) groups is 1. The molecule has 2 aromatic carbocycles. The summed E-state index contributed by atoms with van der Waals surface area (Å²) in [5, 5.41) is 11.9. The monoisotopic (exact) mass is 292 g/mol. The zero-order valence-electron chi connectivity index (χ0n) is 9.77. The van der Waals surface area contributed by atoms with Crippen LogP contribution in [-0.2, 0) is 5.60 Å². The summed E-state index contributed by atoms with van der Waals surface area (Å²) in [4.78, 5) is 4.19. The average Bonchev–Trinajstić information content (AvgIpc) is 2.64. The summed E-state index contributed by atoms with van der Waals surface area (Å²) in [6.07, 6.45) is 0. The van der Waals surface area contributed by atoms with E-state index < -0.39 is 5.60 Å². The molecule has 0 amide bonds. The smallest absolute Gasteiger partial charge is 0.176 e. The molecule has 2 aromatic rings. The van der Waals surface area contributed by atoms with Gasteiger partial charge in [0, 0.05) is 21.2 Å². The van der Waals surface area contributed by atoms with E-state index in [-0.39, 0.29) is 5.84 Å². The second-order valence-corrected chi connectivity index (χ2v) is 5.19. The Labute approximate surface area is 120 Å². The Morgan fingerprint density at radius 2 is 1.79 bits per heavy atom. The lowest BCUT2D eigenvalue weighted by Gasteiger charge is -2.25. The van der Waals surface area contributed by atoms with Crippen LogP contribution in [0.5, 0.6) is 0 Å². The van der Waals surface area contributed by atoms with Crippen LogP contribution < -0.4 is 5.73 Å². The molecule has 0 saturated carbocycles. The van der Waals surface area contributed by atoms with E-state index in [9.17, 15) is 5.11 Å². The molecule has 3 nitrogen and oxygen atoms in total. The van der Waals surface area contributed by atoms with E-state index in [1.54, 1.807) is 42.5 Å². The molecule has 0 spiro atoms. The first kappa shape index (κ1) is 12.5. The number of halogens is 2. The number of rotatable bonds is 1. The normalized spacial score (nSPS) is 21.1. The van der Waals surface area contributed by atoms with Gasteiger partial charge in [0.2, 0.25) is 0 Å². The Hall–Kier alpha value is -1.55. The van der Waals surface area contributed by atoms with Crippen LogP contribution in [0.4, 0.5) is 5.69 Å². The quantitative estimate of drug-likeness (QED) is 0.848. The van der Waals surface area contributed by atoms with Gasteiger partial charge in [-0.15, -0.1) is 0 Å². The zero-order valence-corrected chi connectivity index (χ0v) is 11.3. The van der Waals surface area contributed by atoms with Gasteiger partial charge in [-0.3, -0.25) is 0 Å². The molecule has 0 radical (unpaired) electrons. The topological polar surface area (TPSA) is 58.6 Å². The van der Waals surface area contributed by atoms with E-state index in [4.69, 9.17) is 28.9 Å². The lowest BCUT2D eigenvalue weighted by molar-refractivity contribution is 0.158. The molecule has 0 unspecified atom stereocenters. The summed E-state index contributed by atoms with van der Waals surface area (Å²) in [5.74, 6) is 0.0952. The van der Waals surface area contributed by atoms with Crippen LogP contribution in [-0.4, -0.2) is 10.9 Å². The van der Waals surface area contributed by atoms with Gasteiger partial charge in [-0.25, -0.2) is 4.99 Å². The van der Waals surface area contributed by atoms with Crippen molar-refractivity contribution in [2.24, 2.45) is 10.7 Å². The predicted octanol–water partition coefficient (Wildman–Crippen LogP) is 3.23. The molecular formula is C14H10Cl2N2O. The van der Waals surface area contributed by atoms with Crippen molar-refractivity contribution in [3.8, 4) is 0 Å². The molecule has 0 saturated heterocycles. The van der Waals surface area contributed by atoms with Gasteiger partial charge in [0.15, 0.2) is 5.60 Å². The second-order valence-electron chi connectivity index (χ2n) is 4.35. The van der Waals surface area contributed by atoms with Gasteiger partial charge >= 0.3 is 0 Å². The van der Waals surface area contributed by atoms with Crippen molar-refractivity contribution in [1.82, 2.24) is 0 Å². The maximum Gasteiger partial charge on any atom is 0.176 e. The van der Waals surface area contributed by atoms with Gasteiger partial charge in [-0.05, 0) is 24.3 Å². The molecule has 0 aromatic heterocycles. The lowest BCUT2D eigenvalue weighted by atomic mass is 9.86. The molecule has 0 bridgehead atoms. The van der Waals surface area contributed by atoms with Crippen molar-refractivity contribution >= 4 is 34.7 Å². The number of fused-ring (bicyclic) bond motifs is 1. The molecule has 3 rings (SSSR count). The summed E-state index contributed by atoms with van der Waals surface area (Å²) in [7, 11) is 0.